The van der Waals surface area contributed by atoms with Crippen LogP contribution in [-0.4, -0.2) is 23.2 Å². The van der Waals surface area contributed by atoms with E-state index < -0.39 is 0 Å². The average molecular weight is 270 g/mol. The van der Waals surface area contributed by atoms with Crippen LogP contribution in [0.4, 0.5) is 5.82 Å². The number of hydrogen-bond donors (Lipinski definition) is 1. The number of piperidine rings is 1. The van der Waals surface area contributed by atoms with Crippen molar-refractivity contribution >= 4 is 16.6 Å². The molecule has 0 saturated carbocycles. The molecule has 0 bridgehead atoms. The van der Waals surface area contributed by atoms with Crippen molar-refractivity contribution in [1.29, 1.82) is 0 Å². The number of hydrogen-bond acceptors (Lipinski definition) is 3. The van der Waals surface area contributed by atoms with Crippen LogP contribution in [0.25, 0.3) is 10.8 Å². The lowest BCUT2D eigenvalue weighted by Gasteiger charge is -2.34. The minimum absolute atomic E-state index is 0.0470. The zero-order valence-corrected chi connectivity index (χ0v) is 12.0. The molecule has 0 amide bonds. The summed E-state index contributed by atoms with van der Waals surface area (Å²) in [5.41, 5.74) is 0.911. The van der Waals surface area contributed by atoms with Gasteiger partial charge in [0.05, 0.1) is 6.61 Å². The maximum Gasteiger partial charge on any atom is 0.136 e. The van der Waals surface area contributed by atoms with E-state index in [0.717, 1.165) is 41.2 Å². The van der Waals surface area contributed by atoms with Crippen LogP contribution < -0.4 is 4.90 Å². The molecule has 20 heavy (non-hydrogen) atoms. The van der Waals surface area contributed by atoms with Crippen molar-refractivity contribution in [3.8, 4) is 0 Å². The lowest BCUT2D eigenvalue weighted by atomic mass is 9.95. The Bertz CT molecular complexity index is 597. The topological polar surface area (TPSA) is 36.4 Å². The van der Waals surface area contributed by atoms with Gasteiger partial charge in [-0.3, -0.25) is 0 Å². The van der Waals surface area contributed by atoms with Crippen molar-refractivity contribution in [1.82, 2.24) is 4.98 Å². The maximum atomic E-state index is 9.46. The van der Waals surface area contributed by atoms with Gasteiger partial charge in [0.1, 0.15) is 5.82 Å². The molecule has 2 aromatic rings. The second-order valence-corrected chi connectivity index (χ2v) is 5.67. The Kier molecular flexibility index (Phi) is 3.88. The molecule has 0 spiro atoms. The van der Waals surface area contributed by atoms with E-state index in [-0.39, 0.29) is 6.61 Å². The molecule has 1 aromatic carbocycles. The van der Waals surface area contributed by atoms with E-state index in [4.69, 9.17) is 0 Å². The number of rotatable bonds is 3. The van der Waals surface area contributed by atoms with Gasteiger partial charge in [-0.05, 0) is 24.1 Å². The van der Waals surface area contributed by atoms with Crippen molar-refractivity contribution in [2.45, 2.75) is 32.8 Å². The molecule has 1 aromatic heterocycles. The molecule has 2 heterocycles. The zero-order valence-electron chi connectivity index (χ0n) is 12.0. The molecule has 1 N–H and O–H groups in total. The van der Waals surface area contributed by atoms with Gasteiger partial charge in [0.25, 0.3) is 0 Å². The minimum Gasteiger partial charge on any atom is -0.392 e. The minimum atomic E-state index is 0.0470. The molecule has 3 nitrogen and oxygen atoms in total. The molecule has 1 aliphatic rings. The lowest BCUT2D eigenvalue weighted by Crippen LogP contribution is -2.35. The van der Waals surface area contributed by atoms with Gasteiger partial charge in [-0.15, -0.1) is 0 Å². The Morgan fingerprint density at radius 3 is 2.85 bits per heavy atom. The van der Waals surface area contributed by atoms with Crippen LogP contribution in [-0.2, 0) is 6.61 Å². The third kappa shape index (κ3) is 2.38. The van der Waals surface area contributed by atoms with Crippen molar-refractivity contribution in [2.24, 2.45) is 5.92 Å². The Hall–Kier alpha value is -1.61. The first-order valence-corrected chi connectivity index (χ1v) is 7.56. The highest BCUT2D eigenvalue weighted by atomic mass is 16.3. The van der Waals surface area contributed by atoms with Gasteiger partial charge in [-0.25, -0.2) is 4.98 Å². The fraction of sp³-hybridized carbons (Fsp3) is 0.471. The molecule has 106 valence electrons. The molecule has 1 atom stereocenters. The SMILES string of the molecule is CCC1CCCN(c2ncc(CO)c3ccccc23)C1. The number of aliphatic hydroxyl groups excluding tert-OH is 1. The summed E-state index contributed by atoms with van der Waals surface area (Å²) in [6, 6.07) is 8.27. The lowest BCUT2D eigenvalue weighted by molar-refractivity contribution is 0.283. The summed E-state index contributed by atoms with van der Waals surface area (Å²) in [5.74, 6) is 1.86. The van der Waals surface area contributed by atoms with Crippen molar-refractivity contribution in [3.05, 3.63) is 36.0 Å². The van der Waals surface area contributed by atoms with Crippen LogP contribution >= 0.6 is 0 Å². The first-order chi connectivity index (χ1) is 9.83. The molecule has 1 aliphatic heterocycles. The second-order valence-electron chi connectivity index (χ2n) is 5.67. The van der Waals surface area contributed by atoms with E-state index in [0.29, 0.717) is 0 Å². The molecule has 0 radical (unpaired) electrons. The van der Waals surface area contributed by atoms with Gasteiger partial charge in [0.15, 0.2) is 0 Å². The van der Waals surface area contributed by atoms with Gasteiger partial charge in [-0.1, -0.05) is 37.6 Å². The van der Waals surface area contributed by atoms with Crippen LogP contribution in [0.2, 0.25) is 0 Å². The molecule has 3 rings (SSSR count). The Morgan fingerprint density at radius 1 is 1.30 bits per heavy atom. The average Bonchev–Trinajstić information content (AvgIpc) is 2.54. The van der Waals surface area contributed by atoms with E-state index in [1.54, 1.807) is 0 Å². The molecule has 3 heteroatoms. The molecule has 1 unspecified atom stereocenters. The molecular weight excluding hydrogens is 248 g/mol. The fourth-order valence-electron chi connectivity index (χ4n) is 3.20. The highest BCUT2D eigenvalue weighted by Gasteiger charge is 2.21. The van der Waals surface area contributed by atoms with E-state index >= 15 is 0 Å². The van der Waals surface area contributed by atoms with Gasteiger partial charge in [0, 0.05) is 30.2 Å². The van der Waals surface area contributed by atoms with Crippen LogP contribution in [0.5, 0.6) is 0 Å². The number of anilines is 1. The summed E-state index contributed by atoms with van der Waals surface area (Å²) in [7, 11) is 0. The Balaban J connectivity index is 2.03. The standard InChI is InChI=1S/C17H22N2O/c1-2-13-6-5-9-19(11-13)17-16-8-4-3-7-15(16)14(12-20)10-18-17/h3-4,7-8,10,13,20H,2,5-6,9,11-12H2,1H3. The number of benzene rings is 1. The van der Waals surface area contributed by atoms with Crippen LogP contribution in [0.15, 0.2) is 30.5 Å². The van der Waals surface area contributed by atoms with Gasteiger partial charge >= 0.3 is 0 Å². The summed E-state index contributed by atoms with van der Waals surface area (Å²) in [6.07, 6.45) is 5.65. The van der Waals surface area contributed by atoms with Crippen molar-refractivity contribution in [3.63, 3.8) is 0 Å². The third-order valence-electron chi connectivity index (χ3n) is 4.42. The Morgan fingerprint density at radius 2 is 2.10 bits per heavy atom. The number of nitrogens with zero attached hydrogens (tertiary/aromatic N) is 2. The van der Waals surface area contributed by atoms with Crippen molar-refractivity contribution in [2.75, 3.05) is 18.0 Å². The fourth-order valence-corrected chi connectivity index (χ4v) is 3.20. The van der Waals surface area contributed by atoms with E-state index in [2.05, 4.69) is 35.0 Å². The summed E-state index contributed by atoms with van der Waals surface area (Å²) in [6.45, 7) is 4.51. The van der Waals surface area contributed by atoms with Crippen LogP contribution in [0.3, 0.4) is 0 Å². The summed E-state index contributed by atoms with van der Waals surface area (Å²) in [5, 5.41) is 11.7. The zero-order chi connectivity index (χ0) is 13.9. The number of aromatic nitrogens is 1. The highest BCUT2D eigenvalue weighted by Crippen LogP contribution is 2.30. The molecular formula is C17H22N2O. The summed E-state index contributed by atoms with van der Waals surface area (Å²) in [4.78, 5) is 7.05. The van der Waals surface area contributed by atoms with E-state index in [1.807, 2.05) is 12.3 Å². The second kappa shape index (κ2) is 5.80. The molecule has 0 aliphatic carbocycles. The predicted molar refractivity (Wildman–Crippen MR) is 82.9 cm³/mol. The summed E-state index contributed by atoms with van der Waals surface area (Å²) < 4.78 is 0. The first kappa shape index (κ1) is 13.4. The van der Waals surface area contributed by atoms with Crippen LogP contribution in [0.1, 0.15) is 31.7 Å². The molecule has 1 saturated heterocycles. The van der Waals surface area contributed by atoms with Gasteiger partial charge < -0.3 is 10.0 Å². The highest BCUT2D eigenvalue weighted by molar-refractivity contribution is 5.94. The number of pyridine rings is 1. The van der Waals surface area contributed by atoms with Crippen molar-refractivity contribution < 1.29 is 5.11 Å². The number of aliphatic hydroxyl groups is 1. The van der Waals surface area contributed by atoms with Gasteiger partial charge in [0.2, 0.25) is 0 Å². The quantitative estimate of drug-likeness (QED) is 0.929. The normalized spacial score (nSPS) is 19.5. The number of fused-ring (bicyclic) bond motifs is 1. The largest absolute Gasteiger partial charge is 0.392 e. The maximum absolute atomic E-state index is 9.46. The molecule has 1 fully saturated rings. The smallest absolute Gasteiger partial charge is 0.136 e. The first-order valence-electron chi connectivity index (χ1n) is 7.56. The third-order valence-corrected chi connectivity index (χ3v) is 4.42. The monoisotopic (exact) mass is 270 g/mol. The van der Waals surface area contributed by atoms with E-state index in [1.165, 1.54) is 19.3 Å². The Labute approximate surface area is 120 Å². The van der Waals surface area contributed by atoms with E-state index in [9.17, 15) is 5.11 Å². The van der Waals surface area contributed by atoms with Crippen LogP contribution in [0, 0.1) is 5.92 Å². The summed E-state index contributed by atoms with van der Waals surface area (Å²) >= 11 is 0. The predicted octanol–water partition coefficient (Wildman–Crippen LogP) is 3.35. The van der Waals surface area contributed by atoms with Gasteiger partial charge in [-0.2, -0.15) is 0 Å².